The second-order valence-electron chi connectivity index (χ2n) is 5.30. The molecule has 1 saturated carbocycles. The Labute approximate surface area is 129 Å². The molecule has 0 saturated heterocycles. The molecule has 0 unspecified atom stereocenters. The van der Waals surface area contributed by atoms with Crippen LogP contribution in [0.1, 0.15) is 36.5 Å². The molecule has 22 heavy (non-hydrogen) atoms. The Morgan fingerprint density at radius 3 is 2.27 bits per heavy atom. The number of rotatable bonds is 7. The van der Waals surface area contributed by atoms with E-state index in [4.69, 9.17) is 0 Å². The van der Waals surface area contributed by atoms with Crippen molar-refractivity contribution in [2.45, 2.75) is 26.2 Å². The standard InChI is InChI=1S/C16H21N3O3/c1-2-14(20)19-13-7-5-12(6-8-13)16(22)18-10-9-17-15(21)11-3-4-11/h5-8,11H,2-4,9-10H2,1H3,(H,17,21)(H,18,22)(H,19,20). The summed E-state index contributed by atoms with van der Waals surface area (Å²) < 4.78 is 0. The molecule has 0 aromatic heterocycles. The number of benzene rings is 1. The summed E-state index contributed by atoms with van der Waals surface area (Å²) in [5.74, 6) is -0.00973. The van der Waals surface area contributed by atoms with E-state index in [9.17, 15) is 14.4 Å². The summed E-state index contributed by atoms with van der Waals surface area (Å²) in [5, 5.41) is 8.25. The number of amides is 3. The minimum Gasteiger partial charge on any atom is -0.354 e. The highest BCUT2D eigenvalue weighted by Gasteiger charge is 2.28. The van der Waals surface area contributed by atoms with Gasteiger partial charge in [0.15, 0.2) is 0 Å². The van der Waals surface area contributed by atoms with Crippen LogP contribution in [-0.4, -0.2) is 30.8 Å². The summed E-state index contributed by atoms with van der Waals surface area (Å²) >= 11 is 0. The summed E-state index contributed by atoms with van der Waals surface area (Å²) in [4.78, 5) is 34.6. The third kappa shape index (κ3) is 4.87. The van der Waals surface area contributed by atoms with Crippen LogP contribution in [0.25, 0.3) is 0 Å². The van der Waals surface area contributed by atoms with Gasteiger partial charge in [0.25, 0.3) is 5.91 Å². The maximum Gasteiger partial charge on any atom is 0.251 e. The molecule has 0 bridgehead atoms. The topological polar surface area (TPSA) is 87.3 Å². The molecule has 2 rings (SSSR count). The summed E-state index contributed by atoms with van der Waals surface area (Å²) in [6.45, 7) is 2.61. The Bertz CT molecular complexity index is 550. The Kier molecular flexibility index (Phi) is 5.52. The van der Waals surface area contributed by atoms with Crippen molar-refractivity contribution in [2.75, 3.05) is 18.4 Å². The van der Waals surface area contributed by atoms with Crippen molar-refractivity contribution in [1.29, 1.82) is 0 Å². The number of carbonyl (C=O) groups excluding carboxylic acids is 3. The van der Waals surface area contributed by atoms with Gasteiger partial charge in [0, 0.05) is 36.7 Å². The van der Waals surface area contributed by atoms with Crippen molar-refractivity contribution in [2.24, 2.45) is 5.92 Å². The van der Waals surface area contributed by atoms with Crippen LogP contribution < -0.4 is 16.0 Å². The Hall–Kier alpha value is -2.37. The zero-order valence-electron chi connectivity index (χ0n) is 12.6. The lowest BCUT2D eigenvalue weighted by Crippen LogP contribution is -2.35. The summed E-state index contributed by atoms with van der Waals surface area (Å²) in [5.41, 5.74) is 1.18. The van der Waals surface area contributed by atoms with Crippen molar-refractivity contribution in [1.82, 2.24) is 10.6 Å². The molecule has 1 aromatic rings. The minimum atomic E-state index is -0.200. The molecule has 1 aliphatic carbocycles. The minimum absolute atomic E-state index is 0.0661. The van der Waals surface area contributed by atoms with E-state index in [1.54, 1.807) is 31.2 Å². The van der Waals surface area contributed by atoms with E-state index < -0.39 is 0 Å². The van der Waals surface area contributed by atoms with Crippen molar-refractivity contribution < 1.29 is 14.4 Å². The van der Waals surface area contributed by atoms with Crippen molar-refractivity contribution in [3.8, 4) is 0 Å². The highest BCUT2D eigenvalue weighted by Crippen LogP contribution is 2.28. The predicted octanol–water partition coefficient (Wildman–Crippen LogP) is 1.29. The monoisotopic (exact) mass is 303 g/mol. The Morgan fingerprint density at radius 1 is 1.05 bits per heavy atom. The number of hydrogen-bond acceptors (Lipinski definition) is 3. The van der Waals surface area contributed by atoms with Gasteiger partial charge in [-0.2, -0.15) is 0 Å². The normalized spacial score (nSPS) is 13.3. The van der Waals surface area contributed by atoms with Crippen LogP contribution in [0.2, 0.25) is 0 Å². The Balaban J connectivity index is 1.72. The fourth-order valence-corrected chi connectivity index (χ4v) is 1.91. The molecular weight excluding hydrogens is 282 g/mol. The van der Waals surface area contributed by atoms with E-state index in [0.717, 1.165) is 12.8 Å². The van der Waals surface area contributed by atoms with Crippen LogP contribution in [0.5, 0.6) is 0 Å². The molecule has 6 heteroatoms. The summed E-state index contributed by atoms with van der Waals surface area (Å²) in [6.07, 6.45) is 2.35. The van der Waals surface area contributed by atoms with E-state index in [1.165, 1.54) is 0 Å². The van der Waals surface area contributed by atoms with Crippen LogP contribution in [0, 0.1) is 5.92 Å². The van der Waals surface area contributed by atoms with E-state index in [1.807, 2.05) is 0 Å². The molecule has 118 valence electrons. The zero-order chi connectivity index (χ0) is 15.9. The number of carbonyl (C=O) groups is 3. The molecule has 0 atom stereocenters. The van der Waals surface area contributed by atoms with Gasteiger partial charge in [0.2, 0.25) is 11.8 Å². The van der Waals surface area contributed by atoms with Crippen molar-refractivity contribution >= 4 is 23.4 Å². The predicted molar refractivity (Wildman–Crippen MR) is 83.4 cm³/mol. The van der Waals surface area contributed by atoms with Gasteiger partial charge in [-0.25, -0.2) is 0 Å². The van der Waals surface area contributed by atoms with Gasteiger partial charge in [-0.1, -0.05) is 6.92 Å². The van der Waals surface area contributed by atoms with Gasteiger partial charge < -0.3 is 16.0 Å². The smallest absolute Gasteiger partial charge is 0.251 e. The highest BCUT2D eigenvalue weighted by molar-refractivity contribution is 5.95. The molecule has 0 radical (unpaired) electrons. The second-order valence-corrected chi connectivity index (χ2v) is 5.30. The van der Waals surface area contributed by atoms with Gasteiger partial charge in [0.05, 0.1) is 0 Å². The number of anilines is 1. The fourth-order valence-electron chi connectivity index (χ4n) is 1.91. The van der Waals surface area contributed by atoms with E-state index in [2.05, 4.69) is 16.0 Å². The second kappa shape index (κ2) is 7.59. The largest absolute Gasteiger partial charge is 0.354 e. The fraction of sp³-hybridized carbons (Fsp3) is 0.438. The van der Waals surface area contributed by atoms with Crippen LogP contribution in [0.15, 0.2) is 24.3 Å². The molecule has 3 amide bonds. The molecule has 6 nitrogen and oxygen atoms in total. The molecule has 1 fully saturated rings. The lowest BCUT2D eigenvalue weighted by molar-refractivity contribution is -0.122. The van der Waals surface area contributed by atoms with Crippen molar-refractivity contribution in [3.63, 3.8) is 0 Å². The highest BCUT2D eigenvalue weighted by atomic mass is 16.2. The quantitative estimate of drug-likeness (QED) is 0.663. The van der Waals surface area contributed by atoms with Crippen LogP contribution in [0.4, 0.5) is 5.69 Å². The van der Waals surface area contributed by atoms with Crippen LogP contribution >= 0.6 is 0 Å². The third-order valence-corrected chi connectivity index (χ3v) is 3.41. The maximum atomic E-state index is 11.9. The van der Waals surface area contributed by atoms with Crippen molar-refractivity contribution in [3.05, 3.63) is 29.8 Å². The lowest BCUT2D eigenvalue weighted by Gasteiger charge is -2.08. The van der Waals surface area contributed by atoms with Crippen LogP contribution in [0.3, 0.4) is 0 Å². The van der Waals surface area contributed by atoms with Gasteiger partial charge in [-0.3, -0.25) is 14.4 Å². The van der Waals surface area contributed by atoms with E-state index in [0.29, 0.717) is 30.8 Å². The molecule has 3 N–H and O–H groups in total. The van der Waals surface area contributed by atoms with Gasteiger partial charge in [-0.05, 0) is 37.1 Å². The lowest BCUT2D eigenvalue weighted by atomic mass is 10.2. The van der Waals surface area contributed by atoms with Crippen LogP contribution in [-0.2, 0) is 9.59 Å². The average molecular weight is 303 g/mol. The number of nitrogens with one attached hydrogen (secondary N) is 3. The summed E-state index contributed by atoms with van der Waals surface area (Å²) in [6, 6.07) is 6.70. The van der Waals surface area contributed by atoms with Gasteiger partial charge in [0.1, 0.15) is 0 Å². The molecule has 0 heterocycles. The first-order valence-electron chi connectivity index (χ1n) is 7.56. The first-order valence-corrected chi connectivity index (χ1v) is 7.56. The van der Waals surface area contributed by atoms with E-state index >= 15 is 0 Å². The zero-order valence-corrected chi connectivity index (χ0v) is 12.6. The molecule has 0 aliphatic heterocycles. The number of hydrogen-bond donors (Lipinski definition) is 3. The molecular formula is C16H21N3O3. The first-order chi connectivity index (χ1) is 10.6. The van der Waals surface area contributed by atoms with Gasteiger partial charge in [-0.15, -0.1) is 0 Å². The average Bonchev–Trinajstić information content (AvgIpc) is 3.36. The molecule has 0 spiro atoms. The third-order valence-electron chi connectivity index (χ3n) is 3.41. The van der Waals surface area contributed by atoms with E-state index in [-0.39, 0.29) is 23.6 Å². The molecule has 1 aliphatic rings. The first kappa shape index (κ1) is 16.0. The van der Waals surface area contributed by atoms with Gasteiger partial charge >= 0.3 is 0 Å². The molecule has 1 aromatic carbocycles. The summed E-state index contributed by atoms with van der Waals surface area (Å²) in [7, 11) is 0. The Morgan fingerprint density at radius 2 is 1.68 bits per heavy atom. The maximum absolute atomic E-state index is 11.9. The SMILES string of the molecule is CCC(=O)Nc1ccc(C(=O)NCCNC(=O)C2CC2)cc1.